The number of nitrogens with one attached hydrogen (secondary N) is 1. The van der Waals surface area contributed by atoms with Crippen LogP contribution in [0.15, 0.2) is 45.8 Å². The number of hydrogen-bond donors (Lipinski definition) is 2. The Morgan fingerprint density at radius 2 is 1.95 bits per heavy atom. The average molecular weight is 373 g/mol. The lowest BCUT2D eigenvalue weighted by Gasteiger charge is -2.11. The Hall–Kier alpha value is -1.44. The zero-order valence-electron chi connectivity index (χ0n) is 11.2. The van der Waals surface area contributed by atoms with E-state index in [1.807, 2.05) is 6.92 Å². The molecule has 3 N–H and O–H groups in total. The van der Waals surface area contributed by atoms with Crippen LogP contribution >= 0.6 is 15.9 Å². The van der Waals surface area contributed by atoms with Crippen molar-refractivity contribution in [3.05, 3.63) is 57.8 Å². The van der Waals surface area contributed by atoms with Crippen molar-refractivity contribution < 1.29 is 12.8 Å². The molecule has 0 radical (unpaired) electrons. The number of halogens is 2. The van der Waals surface area contributed by atoms with Crippen molar-refractivity contribution in [2.24, 2.45) is 5.73 Å². The summed E-state index contributed by atoms with van der Waals surface area (Å²) in [5.74, 6) is -0.453. The third-order valence-corrected chi connectivity index (χ3v) is 5.05. The van der Waals surface area contributed by atoms with Crippen LogP contribution in [0, 0.1) is 12.7 Å². The molecule has 0 saturated carbocycles. The molecule has 0 bridgehead atoms. The van der Waals surface area contributed by atoms with E-state index in [1.165, 1.54) is 30.3 Å². The molecule has 2 aromatic carbocycles. The molecule has 112 valence electrons. The molecule has 0 unspecified atom stereocenters. The molecular formula is C14H14BrFN2O2S. The van der Waals surface area contributed by atoms with Gasteiger partial charge >= 0.3 is 0 Å². The van der Waals surface area contributed by atoms with Crippen LogP contribution in [0.3, 0.4) is 0 Å². The van der Waals surface area contributed by atoms with Gasteiger partial charge in [-0.25, -0.2) is 12.8 Å². The zero-order valence-corrected chi connectivity index (χ0v) is 13.6. The van der Waals surface area contributed by atoms with Gasteiger partial charge in [-0.3, -0.25) is 4.72 Å². The lowest BCUT2D eigenvalue weighted by molar-refractivity contribution is 0.600. The normalized spacial score (nSPS) is 11.4. The highest BCUT2D eigenvalue weighted by Crippen LogP contribution is 2.26. The van der Waals surface area contributed by atoms with Crippen molar-refractivity contribution in [3.8, 4) is 0 Å². The molecule has 2 aromatic rings. The van der Waals surface area contributed by atoms with Crippen LogP contribution < -0.4 is 10.5 Å². The fourth-order valence-electron chi connectivity index (χ4n) is 1.81. The van der Waals surface area contributed by atoms with Gasteiger partial charge in [0.15, 0.2) is 0 Å². The van der Waals surface area contributed by atoms with Gasteiger partial charge < -0.3 is 5.73 Å². The van der Waals surface area contributed by atoms with Crippen molar-refractivity contribution in [1.82, 2.24) is 0 Å². The highest BCUT2D eigenvalue weighted by Gasteiger charge is 2.17. The van der Waals surface area contributed by atoms with E-state index < -0.39 is 15.8 Å². The summed E-state index contributed by atoms with van der Waals surface area (Å²) < 4.78 is 40.5. The highest BCUT2D eigenvalue weighted by atomic mass is 79.9. The Morgan fingerprint density at radius 1 is 1.24 bits per heavy atom. The second-order valence-corrected chi connectivity index (χ2v) is 7.06. The standard InChI is InChI=1S/C14H14BrFN2O2S/c1-9-2-4-12(6-10(9)8-17)21(19,20)18-14-5-3-11(16)7-13(14)15/h2-7,18H,8,17H2,1H3. The van der Waals surface area contributed by atoms with Crippen molar-refractivity contribution in [2.45, 2.75) is 18.4 Å². The van der Waals surface area contributed by atoms with E-state index in [2.05, 4.69) is 20.7 Å². The van der Waals surface area contributed by atoms with Crippen LogP contribution in [0.4, 0.5) is 10.1 Å². The summed E-state index contributed by atoms with van der Waals surface area (Å²) in [5, 5.41) is 0. The Kier molecular flexibility index (Phi) is 4.65. The molecule has 0 aliphatic carbocycles. The summed E-state index contributed by atoms with van der Waals surface area (Å²) >= 11 is 3.13. The van der Waals surface area contributed by atoms with E-state index in [1.54, 1.807) is 6.07 Å². The third kappa shape index (κ3) is 3.61. The van der Waals surface area contributed by atoms with Crippen molar-refractivity contribution in [3.63, 3.8) is 0 Å². The minimum absolute atomic E-state index is 0.116. The smallest absolute Gasteiger partial charge is 0.261 e. The maximum Gasteiger partial charge on any atom is 0.261 e. The monoisotopic (exact) mass is 372 g/mol. The molecule has 0 amide bonds. The number of anilines is 1. The van der Waals surface area contributed by atoms with Crippen LogP contribution in [-0.2, 0) is 16.6 Å². The molecule has 4 nitrogen and oxygen atoms in total. The maximum absolute atomic E-state index is 13.0. The van der Waals surface area contributed by atoms with Gasteiger partial charge in [-0.15, -0.1) is 0 Å². The van der Waals surface area contributed by atoms with Gasteiger partial charge in [0.1, 0.15) is 5.82 Å². The third-order valence-electron chi connectivity index (χ3n) is 3.03. The quantitative estimate of drug-likeness (QED) is 0.865. The van der Waals surface area contributed by atoms with Crippen LogP contribution in [0.1, 0.15) is 11.1 Å². The van der Waals surface area contributed by atoms with Gasteiger partial charge in [-0.05, 0) is 64.3 Å². The summed E-state index contributed by atoms with van der Waals surface area (Å²) in [5.41, 5.74) is 7.55. The molecule has 2 rings (SSSR count). The average Bonchev–Trinajstić information content (AvgIpc) is 2.42. The van der Waals surface area contributed by atoms with E-state index in [-0.39, 0.29) is 17.1 Å². The SMILES string of the molecule is Cc1ccc(S(=O)(=O)Nc2ccc(F)cc2Br)cc1CN. The first kappa shape index (κ1) is 15.9. The topological polar surface area (TPSA) is 72.2 Å². The largest absolute Gasteiger partial charge is 0.326 e. The molecule has 0 atom stereocenters. The molecule has 0 aliphatic heterocycles. The molecule has 0 aromatic heterocycles. The lowest BCUT2D eigenvalue weighted by atomic mass is 10.1. The second-order valence-electron chi connectivity index (χ2n) is 4.52. The van der Waals surface area contributed by atoms with Crippen LogP contribution in [-0.4, -0.2) is 8.42 Å². The van der Waals surface area contributed by atoms with Crippen molar-refractivity contribution in [1.29, 1.82) is 0 Å². The first-order chi connectivity index (χ1) is 9.83. The van der Waals surface area contributed by atoms with Gasteiger partial charge in [-0.2, -0.15) is 0 Å². The Balaban J connectivity index is 2.38. The predicted molar refractivity (Wildman–Crippen MR) is 84.0 cm³/mol. The van der Waals surface area contributed by atoms with Crippen molar-refractivity contribution in [2.75, 3.05) is 4.72 Å². The van der Waals surface area contributed by atoms with E-state index in [4.69, 9.17) is 5.73 Å². The van der Waals surface area contributed by atoms with E-state index in [0.717, 1.165) is 11.1 Å². The van der Waals surface area contributed by atoms with Crippen LogP contribution in [0.2, 0.25) is 0 Å². The molecule has 0 fully saturated rings. The number of sulfonamides is 1. The summed E-state index contributed by atoms with van der Waals surface area (Å²) in [6.07, 6.45) is 0. The van der Waals surface area contributed by atoms with E-state index in [9.17, 15) is 12.8 Å². The predicted octanol–water partition coefficient (Wildman–Crippen LogP) is 3.16. The molecule has 0 heterocycles. The van der Waals surface area contributed by atoms with Gasteiger partial charge in [0, 0.05) is 11.0 Å². The fraction of sp³-hybridized carbons (Fsp3) is 0.143. The number of rotatable bonds is 4. The maximum atomic E-state index is 13.0. The number of benzene rings is 2. The molecule has 21 heavy (non-hydrogen) atoms. The molecule has 0 saturated heterocycles. The molecule has 7 heteroatoms. The van der Waals surface area contributed by atoms with Gasteiger partial charge in [0.2, 0.25) is 0 Å². The van der Waals surface area contributed by atoms with Crippen molar-refractivity contribution >= 4 is 31.6 Å². The summed E-state index contributed by atoms with van der Waals surface area (Å²) in [6.45, 7) is 2.12. The molecular weight excluding hydrogens is 359 g/mol. The minimum Gasteiger partial charge on any atom is -0.326 e. The van der Waals surface area contributed by atoms with Crippen LogP contribution in [0.25, 0.3) is 0 Å². The highest BCUT2D eigenvalue weighted by molar-refractivity contribution is 9.10. The molecule has 0 spiro atoms. The van der Waals surface area contributed by atoms with Gasteiger partial charge in [-0.1, -0.05) is 6.07 Å². The number of hydrogen-bond acceptors (Lipinski definition) is 3. The Morgan fingerprint density at radius 3 is 2.57 bits per heavy atom. The zero-order chi connectivity index (χ0) is 15.6. The first-order valence-corrected chi connectivity index (χ1v) is 8.38. The summed E-state index contributed by atoms with van der Waals surface area (Å²) in [7, 11) is -3.76. The number of nitrogens with two attached hydrogens (primary N) is 1. The first-order valence-electron chi connectivity index (χ1n) is 6.11. The van der Waals surface area contributed by atoms with Gasteiger partial charge in [0.05, 0.1) is 10.6 Å². The summed E-state index contributed by atoms with van der Waals surface area (Å²) in [4.78, 5) is 0.116. The minimum atomic E-state index is -3.76. The van der Waals surface area contributed by atoms with E-state index >= 15 is 0 Å². The molecule has 0 aliphatic rings. The lowest BCUT2D eigenvalue weighted by Crippen LogP contribution is -2.14. The van der Waals surface area contributed by atoms with Gasteiger partial charge in [0.25, 0.3) is 10.0 Å². The second kappa shape index (κ2) is 6.13. The number of aryl methyl sites for hydroxylation is 1. The summed E-state index contributed by atoms with van der Waals surface area (Å²) in [6, 6.07) is 8.48. The fourth-order valence-corrected chi connectivity index (χ4v) is 3.52. The van der Waals surface area contributed by atoms with Crippen LogP contribution in [0.5, 0.6) is 0 Å². The Bertz CT molecular complexity index is 779. The Labute approximate surface area is 131 Å². The van der Waals surface area contributed by atoms with E-state index in [0.29, 0.717) is 4.47 Å².